The predicted octanol–water partition coefficient (Wildman–Crippen LogP) is 4.05. The third-order valence-corrected chi connectivity index (χ3v) is 4.56. The Hall–Kier alpha value is -3.17. The minimum absolute atomic E-state index is 0.135. The van der Waals surface area contributed by atoms with Gasteiger partial charge in [0.1, 0.15) is 5.03 Å². The normalized spacial score (nSPS) is 10.2. The summed E-state index contributed by atoms with van der Waals surface area (Å²) in [5.74, 6) is 0.0996. The number of benzene rings is 2. The number of hydrogen-bond donors (Lipinski definition) is 1. The van der Waals surface area contributed by atoms with Crippen molar-refractivity contribution < 1.29 is 4.79 Å². The van der Waals surface area contributed by atoms with Crippen molar-refractivity contribution in [3.05, 3.63) is 71.8 Å². The molecule has 26 heavy (non-hydrogen) atoms. The van der Waals surface area contributed by atoms with Crippen LogP contribution in [0.5, 0.6) is 0 Å². The third kappa shape index (κ3) is 4.68. The van der Waals surface area contributed by atoms with Crippen molar-refractivity contribution in [1.29, 1.82) is 5.26 Å². The first-order valence-corrected chi connectivity index (χ1v) is 8.96. The highest BCUT2D eigenvalue weighted by molar-refractivity contribution is 7.99. The number of thioether (sulfide) groups is 1. The average Bonchev–Trinajstić information content (AvgIpc) is 2.68. The van der Waals surface area contributed by atoms with Gasteiger partial charge in [-0.05, 0) is 43.3 Å². The molecular formula is C20H16N4OS. The Morgan fingerprint density at radius 3 is 2.38 bits per heavy atom. The van der Waals surface area contributed by atoms with E-state index in [1.807, 2.05) is 49.4 Å². The van der Waals surface area contributed by atoms with E-state index in [2.05, 4.69) is 15.5 Å². The highest BCUT2D eigenvalue weighted by atomic mass is 32.2. The topological polar surface area (TPSA) is 78.7 Å². The Kier molecular flexibility index (Phi) is 5.62. The van der Waals surface area contributed by atoms with Gasteiger partial charge in [-0.3, -0.25) is 4.79 Å². The molecule has 1 heterocycles. The van der Waals surface area contributed by atoms with Crippen LogP contribution in [0.4, 0.5) is 5.69 Å². The Bertz CT molecular complexity index is 930. The fourth-order valence-electron chi connectivity index (χ4n) is 2.24. The highest BCUT2D eigenvalue weighted by Crippen LogP contribution is 2.20. The van der Waals surface area contributed by atoms with Crippen LogP contribution in [-0.4, -0.2) is 21.9 Å². The van der Waals surface area contributed by atoms with Crippen LogP contribution in [0.15, 0.2) is 65.7 Å². The van der Waals surface area contributed by atoms with Gasteiger partial charge in [0.05, 0.1) is 23.1 Å². The van der Waals surface area contributed by atoms with Crippen LogP contribution in [0.3, 0.4) is 0 Å². The van der Waals surface area contributed by atoms with Gasteiger partial charge in [0.2, 0.25) is 5.91 Å². The number of rotatable bonds is 5. The molecule has 0 aliphatic heterocycles. The van der Waals surface area contributed by atoms with E-state index in [-0.39, 0.29) is 11.7 Å². The van der Waals surface area contributed by atoms with Crippen molar-refractivity contribution in [3.63, 3.8) is 0 Å². The summed E-state index contributed by atoms with van der Waals surface area (Å²) >= 11 is 1.32. The number of anilines is 1. The number of carbonyl (C=O) groups excluding carboxylic acids is 1. The number of nitrogens with one attached hydrogen (secondary N) is 1. The number of aromatic nitrogens is 2. The van der Waals surface area contributed by atoms with Gasteiger partial charge in [0.25, 0.3) is 0 Å². The number of nitriles is 1. The molecule has 0 saturated heterocycles. The Labute approximate surface area is 156 Å². The number of nitrogens with zero attached hydrogens (tertiary/aromatic N) is 3. The van der Waals surface area contributed by atoms with Crippen LogP contribution in [0, 0.1) is 18.3 Å². The fraction of sp³-hybridized carbons (Fsp3) is 0.100. The molecule has 0 spiro atoms. The van der Waals surface area contributed by atoms with E-state index in [0.29, 0.717) is 16.3 Å². The molecule has 0 aliphatic rings. The molecule has 128 valence electrons. The molecular weight excluding hydrogens is 344 g/mol. The molecule has 0 radical (unpaired) electrons. The second-order valence-electron chi connectivity index (χ2n) is 5.65. The number of aryl methyl sites for hydroxylation is 1. The van der Waals surface area contributed by atoms with Gasteiger partial charge in [-0.2, -0.15) is 5.26 Å². The first-order valence-electron chi connectivity index (χ1n) is 7.97. The summed E-state index contributed by atoms with van der Waals surface area (Å²) in [6.45, 7) is 2.04. The van der Waals surface area contributed by atoms with Gasteiger partial charge in [-0.15, -0.1) is 10.2 Å². The van der Waals surface area contributed by atoms with Crippen LogP contribution in [-0.2, 0) is 4.79 Å². The molecule has 0 unspecified atom stereocenters. The molecule has 0 bridgehead atoms. The molecule has 1 aromatic heterocycles. The predicted molar refractivity (Wildman–Crippen MR) is 103 cm³/mol. The van der Waals surface area contributed by atoms with Gasteiger partial charge in [-0.1, -0.05) is 41.6 Å². The summed E-state index contributed by atoms with van der Waals surface area (Å²) in [4.78, 5) is 12.0. The van der Waals surface area contributed by atoms with Crippen LogP contribution >= 0.6 is 11.8 Å². The van der Waals surface area contributed by atoms with E-state index >= 15 is 0 Å². The van der Waals surface area contributed by atoms with Crippen molar-refractivity contribution in [3.8, 4) is 17.3 Å². The molecule has 1 N–H and O–H groups in total. The van der Waals surface area contributed by atoms with Crippen molar-refractivity contribution >= 4 is 23.4 Å². The maximum atomic E-state index is 12.0. The number of carbonyl (C=O) groups is 1. The molecule has 0 atom stereocenters. The zero-order valence-corrected chi connectivity index (χ0v) is 15.0. The maximum Gasteiger partial charge on any atom is 0.234 e. The monoisotopic (exact) mass is 360 g/mol. The SMILES string of the molecule is Cc1ccc(-c2ccc(SCC(=O)Nc3ccc(C#N)cc3)nn2)cc1. The minimum Gasteiger partial charge on any atom is -0.325 e. The summed E-state index contributed by atoms with van der Waals surface area (Å²) in [5.41, 5.74) is 4.23. The van der Waals surface area contributed by atoms with Gasteiger partial charge >= 0.3 is 0 Å². The van der Waals surface area contributed by atoms with Gasteiger partial charge in [0, 0.05) is 11.3 Å². The molecule has 5 nitrogen and oxygen atoms in total. The standard InChI is InChI=1S/C20H16N4OS/c1-14-2-6-16(7-3-14)18-10-11-20(24-23-18)26-13-19(25)22-17-8-4-15(12-21)5-9-17/h2-11H,13H2,1H3,(H,22,25). The minimum atomic E-state index is -0.135. The Balaban J connectivity index is 1.54. The molecule has 0 saturated carbocycles. The smallest absolute Gasteiger partial charge is 0.234 e. The summed E-state index contributed by atoms with van der Waals surface area (Å²) < 4.78 is 0. The van der Waals surface area contributed by atoms with E-state index in [1.165, 1.54) is 17.3 Å². The van der Waals surface area contributed by atoms with E-state index < -0.39 is 0 Å². The lowest BCUT2D eigenvalue weighted by atomic mass is 10.1. The number of hydrogen-bond acceptors (Lipinski definition) is 5. The first kappa shape index (κ1) is 17.6. The van der Waals surface area contributed by atoms with Gasteiger partial charge < -0.3 is 5.32 Å². The fourth-order valence-corrected chi connectivity index (χ4v) is 2.85. The van der Waals surface area contributed by atoms with Gasteiger partial charge in [-0.25, -0.2) is 0 Å². The lowest BCUT2D eigenvalue weighted by molar-refractivity contribution is -0.113. The summed E-state index contributed by atoms with van der Waals surface area (Å²) in [7, 11) is 0. The molecule has 3 rings (SSSR count). The van der Waals surface area contributed by atoms with Crippen molar-refractivity contribution in [2.24, 2.45) is 0 Å². The zero-order chi connectivity index (χ0) is 18.4. The van der Waals surface area contributed by atoms with E-state index in [0.717, 1.165) is 11.3 Å². The van der Waals surface area contributed by atoms with Crippen LogP contribution in [0.2, 0.25) is 0 Å². The van der Waals surface area contributed by atoms with Crippen LogP contribution in [0.25, 0.3) is 11.3 Å². The molecule has 2 aromatic carbocycles. The van der Waals surface area contributed by atoms with Crippen molar-refractivity contribution in [1.82, 2.24) is 10.2 Å². The van der Waals surface area contributed by atoms with Crippen molar-refractivity contribution in [2.45, 2.75) is 11.9 Å². The Morgan fingerprint density at radius 1 is 1.04 bits per heavy atom. The molecule has 1 amide bonds. The maximum absolute atomic E-state index is 12.0. The van der Waals surface area contributed by atoms with Crippen molar-refractivity contribution in [2.75, 3.05) is 11.1 Å². The molecule has 6 heteroatoms. The summed E-state index contributed by atoms with van der Waals surface area (Å²) in [6.07, 6.45) is 0. The zero-order valence-electron chi connectivity index (χ0n) is 14.1. The van der Waals surface area contributed by atoms with Crippen LogP contribution < -0.4 is 5.32 Å². The number of amides is 1. The lowest BCUT2D eigenvalue weighted by Gasteiger charge is -2.05. The first-order chi connectivity index (χ1) is 12.6. The van der Waals surface area contributed by atoms with Crippen LogP contribution in [0.1, 0.15) is 11.1 Å². The third-order valence-electron chi connectivity index (χ3n) is 3.64. The Morgan fingerprint density at radius 2 is 1.77 bits per heavy atom. The quantitative estimate of drug-likeness (QED) is 0.694. The van der Waals surface area contributed by atoms with E-state index in [9.17, 15) is 4.79 Å². The average molecular weight is 360 g/mol. The highest BCUT2D eigenvalue weighted by Gasteiger charge is 2.06. The molecule has 0 fully saturated rings. The van der Waals surface area contributed by atoms with Gasteiger partial charge in [0.15, 0.2) is 0 Å². The second-order valence-corrected chi connectivity index (χ2v) is 6.64. The summed E-state index contributed by atoms with van der Waals surface area (Å²) in [6, 6.07) is 20.6. The largest absolute Gasteiger partial charge is 0.325 e. The molecule has 0 aliphatic carbocycles. The molecule has 3 aromatic rings. The van der Waals surface area contributed by atoms with E-state index in [4.69, 9.17) is 5.26 Å². The lowest BCUT2D eigenvalue weighted by Crippen LogP contribution is -2.14. The summed E-state index contributed by atoms with van der Waals surface area (Å²) in [5, 5.41) is 20.7. The second kappa shape index (κ2) is 8.28. The van der Waals surface area contributed by atoms with E-state index in [1.54, 1.807) is 24.3 Å².